The lowest BCUT2D eigenvalue weighted by Crippen LogP contribution is -2.13. The van der Waals surface area contributed by atoms with Gasteiger partial charge in [0.25, 0.3) is 10.8 Å². The first-order valence-electron chi connectivity index (χ1n) is 7.36. The number of carbonyl (C=O) groups excluding carboxylic acids is 1. The number of nitrogens with zero attached hydrogens (tertiary/aromatic N) is 2. The fraction of sp³-hybridized carbons (Fsp3) is 0.0588. The van der Waals surface area contributed by atoms with Crippen LogP contribution in [-0.2, 0) is 9.63 Å². The molecule has 0 aliphatic heterocycles. The number of rotatable bonds is 6. The van der Waals surface area contributed by atoms with Crippen LogP contribution in [0, 0.1) is 4.91 Å². The van der Waals surface area contributed by atoms with Crippen LogP contribution in [0.3, 0.4) is 0 Å². The molecule has 3 rings (SSSR count). The molecule has 1 aromatic carbocycles. The summed E-state index contributed by atoms with van der Waals surface area (Å²) in [5, 5.41) is 5.09. The number of amides is 1. The van der Waals surface area contributed by atoms with Gasteiger partial charge >= 0.3 is 5.69 Å². The lowest BCUT2D eigenvalue weighted by molar-refractivity contribution is -0.736. The van der Waals surface area contributed by atoms with Crippen molar-refractivity contribution in [3.05, 3.63) is 67.7 Å². The van der Waals surface area contributed by atoms with Gasteiger partial charge in [-0.25, -0.2) is 9.82 Å². The van der Waals surface area contributed by atoms with Crippen molar-refractivity contribution < 1.29 is 14.6 Å². The van der Waals surface area contributed by atoms with Crippen LogP contribution < -0.4 is 5.32 Å². The van der Waals surface area contributed by atoms with Crippen LogP contribution in [0.5, 0.6) is 0 Å². The van der Waals surface area contributed by atoms with Gasteiger partial charge < -0.3 is 0 Å². The summed E-state index contributed by atoms with van der Waals surface area (Å²) in [7, 11) is 1.29. The molecule has 9 heteroatoms. The van der Waals surface area contributed by atoms with Gasteiger partial charge in [-0.1, -0.05) is 29.0 Å². The molecule has 6 nitrogen and oxygen atoms in total. The van der Waals surface area contributed by atoms with Gasteiger partial charge in [0.2, 0.25) is 0 Å². The maximum atomic E-state index is 12.8. The van der Waals surface area contributed by atoms with E-state index in [1.165, 1.54) is 36.0 Å². The minimum atomic E-state index is -0.317. The van der Waals surface area contributed by atoms with Crippen LogP contribution in [0.15, 0.2) is 48.0 Å². The predicted octanol–water partition coefficient (Wildman–Crippen LogP) is 5.01. The molecular formula is C17H13ClN3O3S2+. The highest BCUT2D eigenvalue weighted by atomic mass is 35.5. The Bertz CT molecular complexity index is 950. The van der Waals surface area contributed by atoms with Gasteiger partial charge in [-0.05, 0) is 35.2 Å². The van der Waals surface area contributed by atoms with E-state index in [0.717, 1.165) is 4.88 Å². The number of nitrogens with one attached hydrogen (secondary N) is 1. The van der Waals surface area contributed by atoms with Crippen molar-refractivity contribution in [3.63, 3.8) is 0 Å². The zero-order chi connectivity index (χ0) is 18.5. The van der Waals surface area contributed by atoms with Crippen molar-refractivity contribution in [2.75, 3.05) is 12.4 Å². The number of carbonyl (C=O) groups is 1. The van der Waals surface area contributed by atoms with Gasteiger partial charge in [0.05, 0.1) is 11.1 Å². The molecule has 0 saturated heterocycles. The van der Waals surface area contributed by atoms with Crippen LogP contribution in [0.1, 0.15) is 10.4 Å². The summed E-state index contributed by atoms with van der Waals surface area (Å²) in [6.07, 6.45) is 3.27. The van der Waals surface area contributed by atoms with Crippen LogP contribution in [-0.4, -0.2) is 22.9 Å². The van der Waals surface area contributed by atoms with Crippen LogP contribution in [0.25, 0.3) is 11.6 Å². The standard InChI is InChI=1S/C17H12ClN3O3S2/c1-24-21(23)12-6-4-11(5-7-12)14(9-13-3-2-8-25-13)16(22)20-17-19-10-15(18)26-17/h2-10H,1H3/p+1/b14-9+. The number of thiazole rings is 1. The molecule has 2 aromatic heterocycles. The van der Waals surface area contributed by atoms with E-state index >= 15 is 0 Å². The predicted molar refractivity (Wildman–Crippen MR) is 105 cm³/mol. The van der Waals surface area contributed by atoms with E-state index in [-0.39, 0.29) is 5.91 Å². The first-order chi connectivity index (χ1) is 12.6. The number of hydrogen-bond acceptors (Lipinski definition) is 6. The molecule has 0 aliphatic carbocycles. The Morgan fingerprint density at radius 3 is 2.65 bits per heavy atom. The van der Waals surface area contributed by atoms with E-state index < -0.39 is 0 Å². The Balaban J connectivity index is 1.93. The molecule has 0 radical (unpaired) electrons. The lowest BCUT2D eigenvalue weighted by atomic mass is 10.0. The summed E-state index contributed by atoms with van der Waals surface area (Å²) < 4.78 is 0.489. The first-order valence-corrected chi connectivity index (χ1v) is 9.44. The molecule has 0 fully saturated rings. The van der Waals surface area contributed by atoms with E-state index in [0.29, 0.717) is 31.2 Å². The van der Waals surface area contributed by atoms with Crippen molar-refractivity contribution in [1.29, 1.82) is 0 Å². The van der Waals surface area contributed by atoms with E-state index in [9.17, 15) is 9.70 Å². The summed E-state index contributed by atoms with van der Waals surface area (Å²) in [6, 6.07) is 10.4. The molecule has 1 amide bonds. The largest absolute Gasteiger partial charge is 0.316 e. The van der Waals surface area contributed by atoms with Crippen LogP contribution in [0.2, 0.25) is 4.34 Å². The highest BCUT2D eigenvalue weighted by Crippen LogP contribution is 2.27. The van der Waals surface area contributed by atoms with Gasteiger partial charge in [-0.2, -0.15) is 0 Å². The van der Waals surface area contributed by atoms with E-state index in [1.807, 2.05) is 17.5 Å². The van der Waals surface area contributed by atoms with Crippen molar-refractivity contribution in [2.24, 2.45) is 0 Å². The Morgan fingerprint density at radius 2 is 2.08 bits per heavy atom. The summed E-state index contributed by atoms with van der Waals surface area (Å²) >= 11 is 8.56. The number of hydrogen-bond donors (Lipinski definition) is 1. The Labute approximate surface area is 162 Å². The average molecular weight is 407 g/mol. The van der Waals surface area contributed by atoms with Gasteiger partial charge in [-0.15, -0.1) is 11.3 Å². The summed E-state index contributed by atoms with van der Waals surface area (Å²) in [5.74, 6) is -0.317. The van der Waals surface area contributed by atoms with E-state index in [2.05, 4.69) is 15.1 Å². The molecular weight excluding hydrogens is 394 g/mol. The second kappa shape index (κ2) is 8.22. The number of halogens is 1. The van der Waals surface area contributed by atoms with Gasteiger partial charge in [0.15, 0.2) is 12.2 Å². The zero-order valence-electron chi connectivity index (χ0n) is 13.5. The molecule has 0 aliphatic rings. The SMILES string of the molecule is CO[N+](=O)c1ccc(/C(=C\c2cccs2)C(=O)Nc2ncc(Cl)s2)cc1. The third-order valence-corrected chi connectivity index (χ3v) is 5.18. The maximum Gasteiger partial charge on any atom is 0.316 e. The topological polar surface area (TPSA) is 71.3 Å². The zero-order valence-corrected chi connectivity index (χ0v) is 15.9. The fourth-order valence-electron chi connectivity index (χ4n) is 2.14. The van der Waals surface area contributed by atoms with Crippen LogP contribution in [0.4, 0.5) is 10.8 Å². The number of aromatic nitrogens is 1. The molecule has 132 valence electrons. The number of anilines is 1. The first kappa shape index (κ1) is 18.2. The molecule has 2 heterocycles. The van der Waals surface area contributed by atoms with Crippen LogP contribution >= 0.6 is 34.3 Å². The highest BCUT2D eigenvalue weighted by molar-refractivity contribution is 7.19. The summed E-state index contributed by atoms with van der Waals surface area (Å²) in [5.41, 5.74) is 1.44. The number of thiophene rings is 1. The molecule has 3 aromatic rings. The van der Waals surface area contributed by atoms with E-state index in [1.54, 1.807) is 30.3 Å². The molecule has 0 unspecified atom stereocenters. The lowest BCUT2D eigenvalue weighted by Gasteiger charge is -2.07. The summed E-state index contributed by atoms with van der Waals surface area (Å²) in [6.45, 7) is 0. The Kier molecular flexibility index (Phi) is 5.77. The van der Waals surface area contributed by atoms with Crippen molar-refractivity contribution in [2.45, 2.75) is 0 Å². The molecule has 26 heavy (non-hydrogen) atoms. The van der Waals surface area contributed by atoms with Gasteiger partial charge in [0, 0.05) is 22.6 Å². The second-order valence-electron chi connectivity index (χ2n) is 4.98. The minimum absolute atomic E-state index is 0.317. The molecule has 0 bridgehead atoms. The monoisotopic (exact) mass is 406 g/mol. The molecule has 0 spiro atoms. The van der Waals surface area contributed by atoms with Gasteiger partial charge in [-0.3, -0.25) is 10.1 Å². The minimum Gasteiger partial charge on any atom is -0.298 e. The third-order valence-electron chi connectivity index (χ3n) is 3.33. The molecule has 1 N–H and O–H groups in total. The normalized spacial score (nSPS) is 11.2. The summed E-state index contributed by atoms with van der Waals surface area (Å²) in [4.78, 5) is 34.3. The molecule has 0 atom stereocenters. The molecule has 0 saturated carbocycles. The Hall–Kier alpha value is -2.55. The smallest absolute Gasteiger partial charge is 0.298 e. The van der Waals surface area contributed by atoms with Crippen molar-refractivity contribution >= 4 is 62.6 Å². The fourth-order valence-corrected chi connectivity index (χ4v) is 3.61. The number of benzene rings is 1. The van der Waals surface area contributed by atoms with Gasteiger partial charge in [0.1, 0.15) is 4.34 Å². The third kappa shape index (κ3) is 4.34. The average Bonchev–Trinajstić information content (AvgIpc) is 3.30. The quantitative estimate of drug-likeness (QED) is 0.461. The second-order valence-corrected chi connectivity index (χ2v) is 7.62. The van der Waals surface area contributed by atoms with Crippen molar-refractivity contribution in [3.8, 4) is 0 Å². The Morgan fingerprint density at radius 1 is 1.31 bits per heavy atom. The van der Waals surface area contributed by atoms with E-state index in [4.69, 9.17) is 11.6 Å². The van der Waals surface area contributed by atoms with Crippen molar-refractivity contribution in [1.82, 2.24) is 4.98 Å². The maximum absolute atomic E-state index is 12.8. The highest BCUT2D eigenvalue weighted by Gasteiger charge is 2.18.